The minimum atomic E-state index is -0.0212. The van der Waals surface area contributed by atoms with E-state index in [1.54, 1.807) is 43.3 Å². The molecule has 2 N–H and O–H groups in total. The number of rotatable bonds is 4. The largest absolute Gasteiger partial charge is 0.399 e. The highest BCUT2D eigenvalue weighted by molar-refractivity contribution is 5.94. The van der Waals surface area contributed by atoms with Gasteiger partial charge in [-0.25, -0.2) is 0 Å². The van der Waals surface area contributed by atoms with Crippen molar-refractivity contribution in [3.8, 4) is 0 Å². The van der Waals surface area contributed by atoms with Crippen molar-refractivity contribution in [1.29, 1.82) is 0 Å². The van der Waals surface area contributed by atoms with Crippen LogP contribution in [0.1, 0.15) is 10.4 Å². The van der Waals surface area contributed by atoms with Gasteiger partial charge in [0.05, 0.1) is 6.61 Å². The second kappa shape index (κ2) is 5.36. The molecule has 1 aromatic carbocycles. The maximum absolute atomic E-state index is 11.8. The molecule has 0 radical (unpaired) electrons. The first-order chi connectivity index (χ1) is 7.15. The van der Waals surface area contributed by atoms with Gasteiger partial charge < -0.3 is 15.4 Å². The van der Waals surface area contributed by atoms with Crippen LogP contribution in [-0.2, 0) is 4.74 Å². The van der Waals surface area contributed by atoms with Crippen LogP contribution in [0.15, 0.2) is 24.3 Å². The van der Waals surface area contributed by atoms with Crippen LogP contribution in [0.3, 0.4) is 0 Å². The Bertz CT molecular complexity index is 322. The Morgan fingerprint density at radius 2 is 2.00 bits per heavy atom. The Labute approximate surface area is 89.6 Å². The van der Waals surface area contributed by atoms with Gasteiger partial charge in [-0.15, -0.1) is 0 Å². The normalized spacial score (nSPS) is 10.0. The number of hydrogen-bond donors (Lipinski definition) is 1. The van der Waals surface area contributed by atoms with Gasteiger partial charge in [0.15, 0.2) is 0 Å². The minimum absolute atomic E-state index is 0.0212. The Morgan fingerprint density at radius 1 is 1.40 bits per heavy atom. The molecule has 4 nitrogen and oxygen atoms in total. The molecule has 0 unspecified atom stereocenters. The van der Waals surface area contributed by atoms with Gasteiger partial charge in [-0.05, 0) is 24.3 Å². The van der Waals surface area contributed by atoms with Gasteiger partial charge >= 0.3 is 0 Å². The van der Waals surface area contributed by atoms with E-state index >= 15 is 0 Å². The van der Waals surface area contributed by atoms with Crippen molar-refractivity contribution >= 4 is 11.6 Å². The van der Waals surface area contributed by atoms with E-state index in [9.17, 15) is 4.79 Å². The molecule has 4 heteroatoms. The topological polar surface area (TPSA) is 55.6 Å². The predicted octanol–water partition coefficient (Wildman–Crippen LogP) is 0.987. The van der Waals surface area contributed by atoms with Gasteiger partial charge in [-0.2, -0.15) is 0 Å². The smallest absolute Gasteiger partial charge is 0.253 e. The number of carbonyl (C=O) groups excluding carboxylic acids is 1. The molecule has 1 amide bonds. The first kappa shape index (κ1) is 11.5. The van der Waals surface area contributed by atoms with E-state index in [0.717, 1.165) is 0 Å². The number of ether oxygens (including phenoxy) is 1. The molecule has 82 valence electrons. The Balaban J connectivity index is 2.63. The van der Waals surface area contributed by atoms with Gasteiger partial charge in [0, 0.05) is 32.0 Å². The van der Waals surface area contributed by atoms with E-state index in [1.807, 2.05) is 0 Å². The standard InChI is InChI=1S/C11H16N2O2/c1-13(7-8-15-2)11(14)9-3-5-10(12)6-4-9/h3-6H,7-8,12H2,1-2H3. The summed E-state index contributed by atoms with van der Waals surface area (Å²) < 4.78 is 4.90. The molecule has 0 bridgehead atoms. The summed E-state index contributed by atoms with van der Waals surface area (Å²) in [5.41, 5.74) is 6.84. The number of benzene rings is 1. The van der Waals surface area contributed by atoms with Crippen LogP contribution < -0.4 is 5.73 Å². The zero-order chi connectivity index (χ0) is 11.3. The second-order valence-corrected chi connectivity index (χ2v) is 3.34. The molecule has 0 atom stereocenters. The van der Waals surface area contributed by atoms with E-state index in [1.165, 1.54) is 0 Å². The van der Waals surface area contributed by atoms with Crippen molar-refractivity contribution in [2.24, 2.45) is 0 Å². The first-order valence-electron chi connectivity index (χ1n) is 4.75. The Kier molecular flexibility index (Phi) is 4.12. The van der Waals surface area contributed by atoms with Crippen molar-refractivity contribution in [3.05, 3.63) is 29.8 Å². The van der Waals surface area contributed by atoms with Crippen LogP contribution >= 0.6 is 0 Å². The Hall–Kier alpha value is -1.55. The van der Waals surface area contributed by atoms with Gasteiger partial charge in [0.1, 0.15) is 0 Å². The summed E-state index contributed by atoms with van der Waals surface area (Å²) in [7, 11) is 3.36. The fraction of sp³-hybridized carbons (Fsp3) is 0.364. The van der Waals surface area contributed by atoms with Crippen LogP contribution in [0.4, 0.5) is 5.69 Å². The van der Waals surface area contributed by atoms with Crippen LogP contribution in [0.2, 0.25) is 0 Å². The van der Waals surface area contributed by atoms with E-state index in [2.05, 4.69) is 0 Å². The molecule has 1 rings (SSSR count). The summed E-state index contributed by atoms with van der Waals surface area (Å²) >= 11 is 0. The average molecular weight is 208 g/mol. The molecule has 0 aliphatic heterocycles. The second-order valence-electron chi connectivity index (χ2n) is 3.34. The lowest BCUT2D eigenvalue weighted by Crippen LogP contribution is -2.29. The molecule has 0 aliphatic rings. The summed E-state index contributed by atoms with van der Waals surface area (Å²) in [6, 6.07) is 6.89. The third-order valence-electron chi connectivity index (χ3n) is 2.14. The number of nitrogen functional groups attached to an aromatic ring is 1. The van der Waals surface area contributed by atoms with Crippen LogP contribution in [0.25, 0.3) is 0 Å². The number of likely N-dealkylation sites (N-methyl/N-ethyl adjacent to an activating group) is 1. The number of carbonyl (C=O) groups is 1. The Morgan fingerprint density at radius 3 is 2.53 bits per heavy atom. The number of anilines is 1. The van der Waals surface area contributed by atoms with Crippen molar-refractivity contribution in [2.75, 3.05) is 33.0 Å². The van der Waals surface area contributed by atoms with Crippen LogP contribution in [0.5, 0.6) is 0 Å². The van der Waals surface area contributed by atoms with E-state index < -0.39 is 0 Å². The highest BCUT2D eigenvalue weighted by atomic mass is 16.5. The molecule has 0 saturated heterocycles. The van der Waals surface area contributed by atoms with E-state index in [4.69, 9.17) is 10.5 Å². The summed E-state index contributed by atoms with van der Waals surface area (Å²) in [5, 5.41) is 0. The number of nitrogens with zero attached hydrogens (tertiary/aromatic N) is 1. The molecular weight excluding hydrogens is 192 g/mol. The molecule has 0 saturated carbocycles. The van der Waals surface area contributed by atoms with Gasteiger partial charge in [-0.3, -0.25) is 4.79 Å². The quantitative estimate of drug-likeness (QED) is 0.751. The van der Waals surface area contributed by atoms with Crippen molar-refractivity contribution in [2.45, 2.75) is 0 Å². The van der Waals surface area contributed by atoms with Crippen molar-refractivity contribution < 1.29 is 9.53 Å². The van der Waals surface area contributed by atoms with Gasteiger partial charge in [-0.1, -0.05) is 0 Å². The summed E-state index contributed by atoms with van der Waals surface area (Å²) in [5.74, 6) is -0.0212. The fourth-order valence-electron chi connectivity index (χ4n) is 1.18. The number of nitrogens with two attached hydrogens (primary N) is 1. The average Bonchev–Trinajstić information content (AvgIpc) is 2.26. The maximum Gasteiger partial charge on any atom is 0.253 e. The molecule has 0 heterocycles. The lowest BCUT2D eigenvalue weighted by molar-refractivity contribution is 0.0744. The highest BCUT2D eigenvalue weighted by Crippen LogP contribution is 2.07. The first-order valence-corrected chi connectivity index (χ1v) is 4.75. The highest BCUT2D eigenvalue weighted by Gasteiger charge is 2.10. The molecule has 0 aliphatic carbocycles. The van der Waals surface area contributed by atoms with Crippen molar-refractivity contribution in [1.82, 2.24) is 4.90 Å². The molecule has 15 heavy (non-hydrogen) atoms. The van der Waals surface area contributed by atoms with E-state index in [0.29, 0.717) is 24.4 Å². The number of hydrogen-bond acceptors (Lipinski definition) is 3. The van der Waals surface area contributed by atoms with Crippen molar-refractivity contribution in [3.63, 3.8) is 0 Å². The lowest BCUT2D eigenvalue weighted by Gasteiger charge is -2.16. The summed E-state index contributed by atoms with van der Waals surface area (Å²) in [4.78, 5) is 13.4. The fourth-order valence-corrected chi connectivity index (χ4v) is 1.18. The van der Waals surface area contributed by atoms with Crippen LogP contribution in [-0.4, -0.2) is 38.1 Å². The molecule has 0 aromatic heterocycles. The third-order valence-corrected chi connectivity index (χ3v) is 2.14. The SMILES string of the molecule is COCCN(C)C(=O)c1ccc(N)cc1. The minimum Gasteiger partial charge on any atom is -0.399 e. The number of amides is 1. The number of methoxy groups -OCH3 is 1. The zero-order valence-corrected chi connectivity index (χ0v) is 9.06. The van der Waals surface area contributed by atoms with Gasteiger partial charge in [0.2, 0.25) is 0 Å². The summed E-state index contributed by atoms with van der Waals surface area (Å²) in [6.07, 6.45) is 0. The lowest BCUT2D eigenvalue weighted by atomic mass is 10.2. The monoisotopic (exact) mass is 208 g/mol. The molecule has 0 spiro atoms. The summed E-state index contributed by atoms with van der Waals surface area (Å²) in [6.45, 7) is 1.12. The predicted molar refractivity (Wildman–Crippen MR) is 59.7 cm³/mol. The molecule has 0 fully saturated rings. The van der Waals surface area contributed by atoms with Crippen LogP contribution in [0, 0.1) is 0 Å². The van der Waals surface area contributed by atoms with E-state index in [-0.39, 0.29) is 5.91 Å². The van der Waals surface area contributed by atoms with Gasteiger partial charge in [0.25, 0.3) is 5.91 Å². The molecule has 1 aromatic rings. The molecular formula is C11H16N2O2. The maximum atomic E-state index is 11.8. The third kappa shape index (κ3) is 3.25. The zero-order valence-electron chi connectivity index (χ0n) is 9.06.